The highest BCUT2D eigenvalue weighted by Gasteiger charge is 2.17. The van der Waals surface area contributed by atoms with Gasteiger partial charge in [-0.25, -0.2) is 15.2 Å². The summed E-state index contributed by atoms with van der Waals surface area (Å²) in [7, 11) is 0. The summed E-state index contributed by atoms with van der Waals surface area (Å²) in [6, 6.07) is 24.9. The number of aromatic nitrogens is 2. The van der Waals surface area contributed by atoms with Crippen LogP contribution < -0.4 is 16.3 Å². The van der Waals surface area contributed by atoms with Crippen molar-refractivity contribution in [1.82, 2.24) is 15.0 Å². The van der Waals surface area contributed by atoms with Crippen molar-refractivity contribution in [1.29, 1.82) is 0 Å². The van der Waals surface area contributed by atoms with E-state index < -0.39 is 11.0 Å². The maximum absolute atomic E-state index is 13.7. The van der Waals surface area contributed by atoms with E-state index in [1.54, 1.807) is 30.3 Å². The Labute approximate surface area is 243 Å². The van der Waals surface area contributed by atoms with E-state index in [1.165, 1.54) is 35.0 Å². The van der Waals surface area contributed by atoms with Gasteiger partial charge in [-0.3, -0.25) is 19.5 Å². The molecule has 4 aromatic carbocycles. The summed E-state index contributed by atoms with van der Waals surface area (Å²) in [5.74, 6) is 0.472. The molecule has 1 aromatic heterocycles. The summed E-state index contributed by atoms with van der Waals surface area (Å²) in [5.41, 5.74) is 5.00. The smallest absolute Gasteiger partial charge is 0.307 e. The summed E-state index contributed by atoms with van der Waals surface area (Å²) >= 11 is 6.97. The summed E-state index contributed by atoms with van der Waals surface area (Å²) in [5, 5.41) is 17.7. The number of hydrogen-bond donors (Lipinski definition) is 2. The third kappa shape index (κ3) is 5.82. The van der Waals surface area contributed by atoms with Gasteiger partial charge in [0, 0.05) is 32.3 Å². The molecule has 0 aliphatic rings. The van der Waals surface area contributed by atoms with Crippen LogP contribution in [0.15, 0.2) is 110 Å². The Morgan fingerprint density at radius 1 is 0.975 bits per heavy atom. The first-order valence-corrected chi connectivity index (χ1v) is 13.3. The molecule has 0 saturated heterocycles. The molecule has 0 fully saturated rings. The highest BCUT2D eigenvalue weighted by atomic mass is 79.9. The molecule has 5 rings (SSSR count). The number of benzene rings is 4. The normalized spacial score (nSPS) is 11.1. The largest absolute Gasteiger partial charge is 0.339 e. The van der Waals surface area contributed by atoms with E-state index in [0.717, 1.165) is 10.0 Å². The Balaban J connectivity index is 1.39. The number of carbonyl (C=O) groups excluding carboxylic acids is 1. The predicted molar refractivity (Wildman–Crippen MR) is 161 cm³/mol. The van der Waals surface area contributed by atoms with Crippen LogP contribution in [0.4, 0.5) is 16.2 Å². The first-order chi connectivity index (χ1) is 19.3. The van der Waals surface area contributed by atoms with Crippen molar-refractivity contribution in [3.05, 3.63) is 126 Å². The molecule has 0 bridgehead atoms. The van der Waals surface area contributed by atoms with Gasteiger partial charge in [-0.1, -0.05) is 46.3 Å². The van der Waals surface area contributed by atoms with E-state index in [4.69, 9.17) is 4.98 Å². The molecule has 1 heterocycles. The zero-order chi connectivity index (χ0) is 28.2. The van der Waals surface area contributed by atoms with E-state index in [0.29, 0.717) is 38.1 Å². The predicted octanol–water partition coefficient (Wildman–Crippen LogP) is 6.64. The van der Waals surface area contributed by atoms with Crippen LogP contribution in [0.25, 0.3) is 28.0 Å². The van der Waals surface area contributed by atoms with Gasteiger partial charge in [0.05, 0.1) is 27.7 Å². The molecule has 2 N–H and O–H groups in total. The Bertz CT molecular complexity index is 1820. The van der Waals surface area contributed by atoms with Crippen LogP contribution in [0.5, 0.6) is 0 Å². The van der Waals surface area contributed by atoms with Gasteiger partial charge in [0.2, 0.25) is 0 Å². The van der Waals surface area contributed by atoms with Gasteiger partial charge >= 0.3 is 6.03 Å². The van der Waals surface area contributed by atoms with Crippen LogP contribution in [-0.2, 0) is 0 Å². The topological polar surface area (TPSA) is 132 Å². The molecule has 40 heavy (non-hydrogen) atoms. The fourth-order valence-electron chi connectivity index (χ4n) is 3.94. The van der Waals surface area contributed by atoms with Crippen molar-refractivity contribution >= 4 is 66.4 Å². The quantitative estimate of drug-likeness (QED) is 0.120. The van der Waals surface area contributed by atoms with Gasteiger partial charge in [0.1, 0.15) is 5.82 Å². The second kappa shape index (κ2) is 11.6. The minimum atomic E-state index is -0.588. The number of rotatable bonds is 6. The lowest BCUT2D eigenvalue weighted by Gasteiger charge is -2.15. The standard InChI is InChI=1S/C28H18Br2N6O4/c29-19-14-23-25(24(30)15-19)33-26(18-4-2-1-3-5-18)35(27(23)37)21-12-8-20(9-13-21)32-28(38)34-31-16-17-6-10-22(11-7-17)36(39)40/h1-16H,(H2,32,34,38)/b31-16+. The number of non-ortho nitro benzene ring substituents is 1. The zero-order valence-electron chi connectivity index (χ0n) is 20.4. The van der Waals surface area contributed by atoms with Crippen LogP contribution in [0.3, 0.4) is 0 Å². The number of halogens is 2. The Kier molecular flexibility index (Phi) is 7.80. The monoisotopic (exact) mass is 660 g/mol. The van der Waals surface area contributed by atoms with Crippen molar-refractivity contribution in [2.45, 2.75) is 0 Å². The van der Waals surface area contributed by atoms with Crippen LogP contribution in [0.1, 0.15) is 5.56 Å². The van der Waals surface area contributed by atoms with Gasteiger partial charge in [-0.15, -0.1) is 0 Å². The van der Waals surface area contributed by atoms with Gasteiger partial charge < -0.3 is 5.32 Å². The SMILES string of the molecule is O=C(N/N=C/c1ccc([N+](=O)[O-])cc1)Nc1ccc(-n2c(-c3ccccc3)nc3c(Br)cc(Br)cc3c2=O)cc1. The number of nitrogens with one attached hydrogen (secondary N) is 2. The molecule has 12 heteroatoms. The highest BCUT2D eigenvalue weighted by molar-refractivity contribution is 9.11. The summed E-state index contributed by atoms with van der Waals surface area (Å²) in [4.78, 5) is 41.1. The van der Waals surface area contributed by atoms with Gasteiger partial charge in [-0.05, 0) is 70.0 Å². The highest BCUT2D eigenvalue weighted by Crippen LogP contribution is 2.29. The van der Waals surface area contributed by atoms with Crippen molar-refractivity contribution in [2.75, 3.05) is 5.32 Å². The maximum atomic E-state index is 13.7. The van der Waals surface area contributed by atoms with Crippen molar-refractivity contribution < 1.29 is 9.72 Å². The fraction of sp³-hybridized carbons (Fsp3) is 0. The number of hydrazone groups is 1. The van der Waals surface area contributed by atoms with E-state index in [2.05, 4.69) is 47.7 Å². The minimum absolute atomic E-state index is 0.0373. The second-order valence-corrected chi connectivity index (χ2v) is 10.2. The van der Waals surface area contributed by atoms with Gasteiger partial charge in [-0.2, -0.15) is 5.10 Å². The zero-order valence-corrected chi connectivity index (χ0v) is 23.6. The molecule has 0 spiro atoms. The van der Waals surface area contributed by atoms with E-state index in [-0.39, 0.29) is 11.2 Å². The van der Waals surface area contributed by atoms with Crippen molar-refractivity contribution in [3.8, 4) is 17.1 Å². The van der Waals surface area contributed by atoms with E-state index in [9.17, 15) is 19.7 Å². The number of nitro benzene ring substituents is 1. The molecule has 0 unspecified atom stereocenters. The summed E-state index contributed by atoms with van der Waals surface area (Å²) in [6.07, 6.45) is 1.37. The molecule has 0 saturated carbocycles. The number of nitro groups is 1. The summed E-state index contributed by atoms with van der Waals surface area (Å²) < 4.78 is 2.97. The molecule has 0 aliphatic heterocycles. The Morgan fingerprint density at radius 3 is 2.35 bits per heavy atom. The lowest BCUT2D eigenvalue weighted by Crippen LogP contribution is -2.24. The first kappa shape index (κ1) is 26.9. The van der Waals surface area contributed by atoms with Crippen LogP contribution in [0.2, 0.25) is 0 Å². The van der Waals surface area contributed by atoms with Gasteiger partial charge in [0.15, 0.2) is 0 Å². The molecular formula is C28H18Br2N6O4. The Morgan fingerprint density at radius 2 is 1.68 bits per heavy atom. The number of urea groups is 1. The molecule has 5 aromatic rings. The number of hydrogen-bond acceptors (Lipinski definition) is 6. The minimum Gasteiger partial charge on any atom is -0.307 e. The number of nitrogens with zero attached hydrogens (tertiary/aromatic N) is 4. The molecule has 198 valence electrons. The van der Waals surface area contributed by atoms with Crippen molar-refractivity contribution in [2.24, 2.45) is 5.10 Å². The third-order valence-corrected chi connectivity index (χ3v) is 6.85. The molecule has 2 amide bonds. The molecular weight excluding hydrogens is 644 g/mol. The van der Waals surface area contributed by atoms with Crippen LogP contribution in [0, 0.1) is 10.1 Å². The molecule has 0 atom stereocenters. The maximum Gasteiger partial charge on any atom is 0.339 e. The average molecular weight is 662 g/mol. The first-order valence-electron chi connectivity index (χ1n) is 11.7. The molecule has 0 radical (unpaired) electrons. The number of fused-ring (bicyclic) bond motifs is 1. The number of carbonyl (C=O) groups is 1. The van der Waals surface area contributed by atoms with Crippen LogP contribution in [-0.4, -0.2) is 26.7 Å². The van der Waals surface area contributed by atoms with Gasteiger partial charge in [0.25, 0.3) is 11.2 Å². The van der Waals surface area contributed by atoms with Crippen molar-refractivity contribution in [3.63, 3.8) is 0 Å². The fourth-order valence-corrected chi connectivity index (χ4v) is 5.25. The lowest BCUT2D eigenvalue weighted by molar-refractivity contribution is -0.384. The third-order valence-electron chi connectivity index (χ3n) is 5.79. The lowest BCUT2D eigenvalue weighted by atomic mass is 10.1. The number of anilines is 1. The average Bonchev–Trinajstić information content (AvgIpc) is 2.95. The van der Waals surface area contributed by atoms with E-state index >= 15 is 0 Å². The van der Waals surface area contributed by atoms with Crippen LogP contribution >= 0.6 is 31.9 Å². The summed E-state index contributed by atoms with van der Waals surface area (Å²) in [6.45, 7) is 0. The second-order valence-electron chi connectivity index (χ2n) is 8.45. The Hall–Kier alpha value is -4.68. The molecule has 10 nitrogen and oxygen atoms in total. The van der Waals surface area contributed by atoms with E-state index in [1.807, 2.05) is 36.4 Å². The number of amides is 2. The molecule has 0 aliphatic carbocycles.